The lowest BCUT2D eigenvalue weighted by atomic mass is 10.4. The number of rotatable bonds is 3. The Bertz CT molecular complexity index is 283. The number of hydroxylamine groups is 1. The van der Waals surface area contributed by atoms with Crippen LogP contribution in [-0.4, -0.2) is 18.3 Å². The molecular weight excluding hydrogens is 168 g/mol. The Labute approximate surface area is 77.4 Å². The largest absolute Gasteiger partial charge is 0.373 e. The summed E-state index contributed by atoms with van der Waals surface area (Å²) in [7, 11) is 1.63. The Balaban J connectivity index is 2.12. The van der Waals surface area contributed by atoms with Gasteiger partial charge in [-0.1, -0.05) is 0 Å². The number of hydrogen-bond acceptors (Lipinski definition) is 3. The zero-order valence-electron chi connectivity index (χ0n) is 7.75. The minimum Gasteiger partial charge on any atom is -0.373 e. The van der Waals surface area contributed by atoms with E-state index in [4.69, 9.17) is 9.57 Å². The molecule has 0 radical (unpaired) electrons. The summed E-state index contributed by atoms with van der Waals surface area (Å²) in [5.74, 6) is 0. The summed E-state index contributed by atoms with van der Waals surface area (Å²) in [6.07, 6.45) is 0. The molecule has 1 N–H and O–H groups in total. The van der Waals surface area contributed by atoms with Gasteiger partial charge in [-0.05, 0) is 12.1 Å². The van der Waals surface area contributed by atoms with E-state index in [1.165, 1.54) is 11.4 Å². The predicted molar refractivity (Wildman–Crippen MR) is 47.9 cm³/mol. The molecule has 0 saturated carbocycles. The molecule has 1 aliphatic heterocycles. The number of nitrogens with one attached hydrogen (secondary N) is 1. The predicted octanol–water partition coefficient (Wildman–Crippen LogP) is 0.669. The first-order chi connectivity index (χ1) is 6.42. The number of hydrogen-bond donors (Lipinski definition) is 1. The fourth-order valence-corrected chi connectivity index (χ4v) is 1.60. The molecule has 0 unspecified atom stereocenters. The van der Waals surface area contributed by atoms with Gasteiger partial charge in [-0.2, -0.15) is 5.48 Å². The molecule has 0 aliphatic carbocycles. The zero-order valence-corrected chi connectivity index (χ0v) is 7.75. The van der Waals surface area contributed by atoms with Crippen LogP contribution in [0.3, 0.4) is 0 Å². The normalized spacial score (nSPS) is 15.8. The maximum atomic E-state index is 5.34. The minimum absolute atomic E-state index is 0.729. The molecule has 72 valence electrons. The molecule has 0 aromatic carbocycles. The Morgan fingerprint density at radius 2 is 2.54 bits per heavy atom. The first-order valence-electron chi connectivity index (χ1n) is 4.42. The third-order valence-corrected chi connectivity index (χ3v) is 2.27. The molecule has 0 saturated heterocycles. The van der Waals surface area contributed by atoms with Crippen LogP contribution in [0.2, 0.25) is 0 Å². The van der Waals surface area contributed by atoms with Gasteiger partial charge in [0.2, 0.25) is 0 Å². The number of nitrogens with zero attached hydrogens (tertiary/aromatic N) is 1. The highest BCUT2D eigenvalue weighted by Gasteiger charge is 2.11. The Morgan fingerprint density at radius 1 is 1.62 bits per heavy atom. The lowest BCUT2D eigenvalue weighted by Crippen LogP contribution is -2.21. The van der Waals surface area contributed by atoms with Gasteiger partial charge in [0.25, 0.3) is 0 Å². The second kappa shape index (κ2) is 3.91. The molecule has 0 amide bonds. The number of aromatic nitrogens is 1. The number of ether oxygens (including phenoxy) is 1. The summed E-state index contributed by atoms with van der Waals surface area (Å²) >= 11 is 0. The van der Waals surface area contributed by atoms with Crippen LogP contribution in [0.15, 0.2) is 12.1 Å². The molecule has 2 heterocycles. The van der Waals surface area contributed by atoms with Crippen molar-refractivity contribution in [2.45, 2.75) is 19.7 Å². The van der Waals surface area contributed by atoms with Crippen LogP contribution < -0.4 is 5.48 Å². The van der Waals surface area contributed by atoms with E-state index in [1.807, 2.05) is 0 Å². The van der Waals surface area contributed by atoms with Gasteiger partial charge in [0, 0.05) is 17.9 Å². The monoisotopic (exact) mass is 182 g/mol. The van der Waals surface area contributed by atoms with Gasteiger partial charge in [0.1, 0.15) is 0 Å². The van der Waals surface area contributed by atoms with Crippen LogP contribution in [0.1, 0.15) is 11.4 Å². The molecular formula is C9H14N2O2. The number of fused-ring (bicyclic) bond motifs is 1. The fraction of sp³-hybridized carbons (Fsp3) is 0.556. The molecule has 13 heavy (non-hydrogen) atoms. The van der Waals surface area contributed by atoms with Crippen LogP contribution in [0.25, 0.3) is 0 Å². The van der Waals surface area contributed by atoms with E-state index in [9.17, 15) is 0 Å². The van der Waals surface area contributed by atoms with Crippen molar-refractivity contribution in [3.05, 3.63) is 23.5 Å². The first-order valence-corrected chi connectivity index (χ1v) is 4.42. The van der Waals surface area contributed by atoms with Gasteiger partial charge >= 0.3 is 0 Å². The quantitative estimate of drug-likeness (QED) is 0.698. The summed E-state index contributed by atoms with van der Waals surface area (Å²) in [6.45, 7) is 3.23. The van der Waals surface area contributed by atoms with Crippen molar-refractivity contribution in [2.75, 3.05) is 13.7 Å². The molecule has 1 aromatic rings. The third-order valence-electron chi connectivity index (χ3n) is 2.27. The average molecular weight is 182 g/mol. The first kappa shape index (κ1) is 8.74. The Kier molecular flexibility index (Phi) is 2.63. The van der Waals surface area contributed by atoms with Gasteiger partial charge in [-0.3, -0.25) is 0 Å². The van der Waals surface area contributed by atoms with Gasteiger partial charge in [0.15, 0.2) is 0 Å². The lowest BCUT2D eigenvalue weighted by molar-refractivity contribution is 0.0737. The van der Waals surface area contributed by atoms with Gasteiger partial charge in [-0.25, -0.2) is 0 Å². The molecule has 1 aromatic heterocycles. The molecule has 0 fully saturated rings. The maximum Gasteiger partial charge on any atom is 0.0868 e. The Hall–Kier alpha value is -0.840. The zero-order chi connectivity index (χ0) is 9.10. The van der Waals surface area contributed by atoms with Crippen LogP contribution in [0.4, 0.5) is 0 Å². The van der Waals surface area contributed by atoms with E-state index in [0.29, 0.717) is 0 Å². The summed E-state index contributed by atoms with van der Waals surface area (Å²) < 4.78 is 7.61. The third kappa shape index (κ3) is 1.75. The maximum absolute atomic E-state index is 5.34. The van der Waals surface area contributed by atoms with E-state index in [-0.39, 0.29) is 0 Å². The highest BCUT2D eigenvalue weighted by molar-refractivity contribution is 5.16. The summed E-state index contributed by atoms with van der Waals surface area (Å²) in [4.78, 5) is 4.81. The average Bonchev–Trinajstić information content (AvgIpc) is 2.58. The summed E-state index contributed by atoms with van der Waals surface area (Å²) in [6, 6.07) is 4.21. The highest BCUT2D eigenvalue weighted by atomic mass is 16.6. The standard InChI is InChI=1S/C9H14N2O2/c1-12-10-6-8-2-3-9-7-13-5-4-11(8)9/h2-3,10H,4-7H2,1H3. The molecule has 0 atom stereocenters. The summed E-state index contributed by atoms with van der Waals surface area (Å²) in [5, 5.41) is 0. The second-order valence-electron chi connectivity index (χ2n) is 3.05. The van der Waals surface area contributed by atoms with E-state index < -0.39 is 0 Å². The van der Waals surface area contributed by atoms with E-state index >= 15 is 0 Å². The van der Waals surface area contributed by atoms with E-state index in [0.717, 1.165) is 26.3 Å². The molecule has 2 rings (SSSR count). The smallest absolute Gasteiger partial charge is 0.0868 e. The molecule has 0 bridgehead atoms. The molecule has 1 aliphatic rings. The van der Waals surface area contributed by atoms with Crippen molar-refractivity contribution in [3.63, 3.8) is 0 Å². The van der Waals surface area contributed by atoms with Crippen molar-refractivity contribution < 1.29 is 9.57 Å². The summed E-state index contributed by atoms with van der Waals surface area (Å²) in [5.41, 5.74) is 5.34. The van der Waals surface area contributed by atoms with Crippen molar-refractivity contribution in [3.8, 4) is 0 Å². The van der Waals surface area contributed by atoms with Crippen LogP contribution in [0, 0.1) is 0 Å². The van der Waals surface area contributed by atoms with Crippen LogP contribution in [0.5, 0.6) is 0 Å². The van der Waals surface area contributed by atoms with E-state index in [2.05, 4.69) is 22.2 Å². The van der Waals surface area contributed by atoms with Crippen molar-refractivity contribution in [1.29, 1.82) is 0 Å². The highest BCUT2D eigenvalue weighted by Crippen LogP contribution is 2.14. The van der Waals surface area contributed by atoms with Gasteiger partial charge in [-0.15, -0.1) is 0 Å². The topological polar surface area (TPSA) is 35.4 Å². The molecule has 4 nitrogen and oxygen atoms in total. The van der Waals surface area contributed by atoms with Crippen molar-refractivity contribution in [2.24, 2.45) is 0 Å². The van der Waals surface area contributed by atoms with Crippen LogP contribution in [-0.2, 0) is 29.3 Å². The Morgan fingerprint density at radius 3 is 3.38 bits per heavy atom. The SMILES string of the molecule is CONCc1ccc2n1CCOC2. The fourth-order valence-electron chi connectivity index (χ4n) is 1.60. The van der Waals surface area contributed by atoms with E-state index in [1.54, 1.807) is 7.11 Å². The van der Waals surface area contributed by atoms with Crippen molar-refractivity contribution in [1.82, 2.24) is 10.0 Å². The van der Waals surface area contributed by atoms with Crippen LogP contribution >= 0.6 is 0 Å². The molecule has 0 spiro atoms. The second-order valence-corrected chi connectivity index (χ2v) is 3.05. The lowest BCUT2D eigenvalue weighted by Gasteiger charge is -2.18. The molecule has 4 heteroatoms. The van der Waals surface area contributed by atoms with Crippen molar-refractivity contribution >= 4 is 0 Å². The minimum atomic E-state index is 0.729. The van der Waals surface area contributed by atoms with Gasteiger partial charge in [0.05, 0.1) is 26.9 Å². The van der Waals surface area contributed by atoms with Gasteiger partial charge < -0.3 is 14.1 Å².